The highest BCUT2D eigenvalue weighted by molar-refractivity contribution is 7.98. The number of nitrogens with one attached hydrogen (secondary N) is 2. The summed E-state index contributed by atoms with van der Waals surface area (Å²) in [4.78, 5) is 12.9. The summed E-state index contributed by atoms with van der Waals surface area (Å²) in [6, 6.07) is 3.56. The maximum absolute atomic E-state index is 12.1. The van der Waals surface area contributed by atoms with E-state index in [1.54, 1.807) is 12.1 Å². The summed E-state index contributed by atoms with van der Waals surface area (Å²) in [5, 5.41) is 7.02. The molecular formula is C13H19Cl3N2OS. The SMILES string of the molecule is CCN[C@H](C)CNC(=O)c1cc(SC)c(Cl)cc1Cl.Cl. The first kappa shape index (κ1) is 19.9. The zero-order valence-electron chi connectivity index (χ0n) is 11.6. The van der Waals surface area contributed by atoms with E-state index in [1.807, 2.05) is 20.1 Å². The maximum atomic E-state index is 12.1. The Balaban J connectivity index is 0.00000361. The van der Waals surface area contributed by atoms with Crippen LogP contribution in [0.15, 0.2) is 17.0 Å². The highest BCUT2D eigenvalue weighted by Gasteiger charge is 2.14. The van der Waals surface area contributed by atoms with E-state index in [0.29, 0.717) is 22.2 Å². The summed E-state index contributed by atoms with van der Waals surface area (Å²) in [5.74, 6) is -0.179. The number of rotatable bonds is 6. The van der Waals surface area contributed by atoms with Gasteiger partial charge in [-0.2, -0.15) is 0 Å². The monoisotopic (exact) mass is 356 g/mol. The fraction of sp³-hybridized carbons (Fsp3) is 0.462. The Hall–Kier alpha value is -0.130. The third-order valence-corrected chi connectivity index (χ3v) is 4.12. The molecule has 0 aliphatic carbocycles. The minimum absolute atomic E-state index is 0. The number of thioether (sulfide) groups is 1. The number of likely N-dealkylation sites (N-methyl/N-ethyl adjacent to an activating group) is 1. The van der Waals surface area contributed by atoms with Crippen molar-refractivity contribution in [2.24, 2.45) is 0 Å². The second-order valence-electron chi connectivity index (χ2n) is 4.14. The molecule has 0 saturated heterocycles. The molecule has 0 fully saturated rings. The predicted octanol–water partition coefficient (Wildman–Crippen LogP) is 3.86. The first-order valence-electron chi connectivity index (χ1n) is 6.04. The maximum Gasteiger partial charge on any atom is 0.252 e. The number of hydrogen-bond donors (Lipinski definition) is 2. The van der Waals surface area contributed by atoms with Gasteiger partial charge in [0.15, 0.2) is 0 Å². The zero-order chi connectivity index (χ0) is 14.4. The topological polar surface area (TPSA) is 41.1 Å². The van der Waals surface area contributed by atoms with Crippen LogP contribution < -0.4 is 10.6 Å². The molecule has 7 heteroatoms. The van der Waals surface area contributed by atoms with Gasteiger partial charge in [-0.3, -0.25) is 4.79 Å². The minimum Gasteiger partial charge on any atom is -0.350 e. The normalized spacial score (nSPS) is 11.7. The van der Waals surface area contributed by atoms with Gasteiger partial charge >= 0.3 is 0 Å². The van der Waals surface area contributed by atoms with Crippen LogP contribution in [0.25, 0.3) is 0 Å². The van der Waals surface area contributed by atoms with Crippen LogP contribution in [0.4, 0.5) is 0 Å². The molecule has 1 amide bonds. The van der Waals surface area contributed by atoms with Crippen molar-refractivity contribution in [2.45, 2.75) is 24.8 Å². The molecule has 3 nitrogen and oxygen atoms in total. The quantitative estimate of drug-likeness (QED) is 0.759. The van der Waals surface area contributed by atoms with Gasteiger partial charge in [0, 0.05) is 17.5 Å². The van der Waals surface area contributed by atoms with Crippen LogP contribution in [-0.4, -0.2) is 31.3 Å². The first-order chi connectivity index (χ1) is 8.99. The van der Waals surface area contributed by atoms with E-state index in [1.165, 1.54) is 11.8 Å². The summed E-state index contributed by atoms with van der Waals surface area (Å²) >= 11 is 13.6. The van der Waals surface area contributed by atoms with Crippen LogP contribution in [0.2, 0.25) is 10.0 Å². The fourth-order valence-electron chi connectivity index (χ4n) is 1.62. The summed E-state index contributed by atoms with van der Waals surface area (Å²) in [5.41, 5.74) is 0.458. The molecule has 1 aromatic carbocycles. The molecule has 0 aliphatic heterocycles. The minimum atomic E-state index is -0.179. The molecule has 1 atom stereocenters. The van der Waals surface area contributed by atoms with Gasteiger partial charge in [-0.25, -0.2) is 0 Å². The number of benzene rings is 1. The standard InChI is InChI=1S/C13H18Cl2N2OS.ClH/c1-4-16-8(2)7-17-13(18)9-5-12(19-3)11(15)6-10(9)14;/h5-6,8,16H,4,7H2,1-3H3,(H,17,18);1H/t8-;/m1./s1. The van der Waals surface area contributed by atoms with E-state index in [4.69, 9.17) is 23.2 Å². The summed E-state index contributed by atoms with van der Waals surface area (Å²) in [7, 11) is 0. The van der Waals surface area contributed by atoms with Crippen LogP contribution in [0.5, 0.6) is 0 Å². The van der Waals surface area contributed by atoms with Crippen molar-refractivity contribution < 1.29 is 4.79 Å². The Kier molecular flexibility index (Phi) is 9.68. The zero-order valence-corrected chi connectivity index (χ0v) is 14.8. The van der Waals surface area contributed by atoms with Crippen molar-refractivity contribution in [1.82, 2.24) is 10.6 Å². The number of carbonyl (C=O) groups excluding carboxylic acids is 1. The van der Waals surface area contributed by atoms with Gasteiger partial charge in [0.25, 0.3) is 5.91 Å². The molecule has 0 aliphatic rings. The second kappa shape index (κ2) is 9.74. The Morgan fingerprint density at radius 3 is 2.55 bits per heavy atom. The number of carbonyl (C=O) groups is 1. The van der Waals surface area contributed by atoms with Crippen LogP contribution in [-0.2, 0) is 0 Å². The second-order valence-corrected chi connectivity index (χ2v) is 5.80. The van der Waals surface area contributed by atoms with E-state index >= 15 is 0 Å². The lowest BCUT2D eigenvalue weighted by molar-refractivity contribution is 0.0950. The summed E-state index contributed by atoms with van der Waals surface area (Å²) in [6.07, 6.45) is 1.91. The molecular weight excluding hydrogens is 339 g/mol. The van der Waals surface area contributed by atoms with Crippen LogP contribution in [0, 0.1) is 0 Å². The summed E-state index contributed by atoms with van der Waals surface area (Å²) in [6.45, 7) is 5.47. The lowest BCUT2D eigenvalue weighted by Gasteiger charge is -2.14. The number of halogens is 3. The smallest absolute Gasteiger partial charge is 0.252 e. The van der Waals surface area contributed by atoms with Crippen molar-refractivity contribution >= 4 is 53.3 Å². The Morgan fingerprint density at radius 2 is 2.00 bits per heavy atom. The molecule has 0 saturated carbocycles. The van der Waals surface area contributed by atoms with E-state index in [-0.39, 0.29) is 24.4 Å². The highest BCUT2D eigenvalue weighted by atomic mass is 35.5. The van der Waals surface area contributed by atoms with Crippen LogP contribution >= 0.6 is 47.4 Å². The molecule has 20 heavy (non-hydrogen) atoms. The van der Waals surface area contributed by atoms with Gasteiger partial charge < -0.3 is 10.6 Å². The molecule has 0 aromatic heterocycles. The van der Waals surface area contributed by atoms with Crippen molar-refractivity contribution in [3.63, 3.8) is 0 Å². The Labute approximate surface area is 140 Å². The average Bonchev–Trinajstić information content (AvgIpc) is 2.36. The lowest BCUT2D eigenvalue weighted by Crippen LogP contribution is -2.38. The van der Waals surface area contributed by atoms with Gasteiger partial charge in [0.05, 0.1) is 15.6 Å². The molecule has 114 valence electrons. The molecule has 0 heterocycles. The van der Waals surface area contributed by atoms with Gasteiger partial charge in [0.1, 0.15) is 0 Å². The van der Waals surface area contributed by atoms with E-state index in [2.05, 4.69) is 10.6 Å². The Bertz CT molecular complexity index is 457. The largest absolute Gasteiger partial charge is 0.350 e. The summed E-state index contributed by atoms with van der Waals surface area (Å²) < 4.78 is 0. The van der Waals surface area contributed by atoms with Crippen LogP contribution in [0.1, 0.15) is 24.2 Å². The lowest BCUT2D eigenvalue weighted by atomic mass is 10.2. The van der Waals surface area contributed by atoms with Gasteiger partial charge in [-0.1, -0.05) is 30.1 Å². The van der Waals surface area contributed by atoms with Crippen LogP contribution in [0.3, 0.4) is 0 Å². The molecule has 0 radical (unpaired) electrons. The average molecular weight is 358 g/mol. The molecule has 0 unspecified atom stereocenters. The third-order valence-electron chi connectivity index (χ3n) is 2.61. The van der Waals surface area contributed by atoms with Crippen molar-refractivity contribution in [2.75, 3.05) is 19.3 Å². The van der Waals surface area contributed by atoms with Gasteiger partial charge in [0.2, 0.25) is 0 Å². The Morgan fingerprint density at radius 1 is 1.35 bits per heavy atom. The molecule has 0 spiro atoms. The van der Waals surface area contributed by atoms with Gasteiger partial charge in [-0.15, -0.1) is 24.2 Å². The van der Waals surface area contributed by atoms with E-state index in [0.717, 1.165) is 11.4 Å². The first-order valence-corrected chi connectivity index (χ1v) is 8.02. The number of amides is 1. The van der Waals surface area contributed by atoms with Crippen molar-refractivity contribution in [1.29, 1.82) is 0 Å². The van der Waals surface area contributed by atoms with Gasteiger partial charge in [-0.05, 0) is 31.9 Å². The molecule has 2 N–H and O–H groups in total. The predicted molar refractivity (Wildman–Crippen MR) is 91.0 cm³/mol. The fourth-order valence-corrected chi connectivity index (χ4v) is 2.81. The number of hydrogen-bond acceptors (Lipinski definition) is 3. The molecule has 1 rings (SSSR count). The highest BCUT2D eigenvalue weighted by Crippen LogP contribution is 2.31. The molecule has 1 aromatic rings. The van der Waals surface area contributed by atoms with Crippen molar-refractivity contribution in [3.8, 4) is 0 Å². The van der Waals surface area contributed by atoms with E-state index < -0.39 is 0 Å². The molecule has 0 bridgehead atoms. The van der Waals surface area contributed by atoms with E-state index in [9.17, 15) is 4.79 Å². The third kappa shape index (κ3) is 5.70. The van der Waals surface area contributed by atoms with Crippen molar-refractivity contribution in [3.05, 3.63) is 27.7 Å².